The van der Waals surface area contributed by atoms with Crippen LogP contribution in [0.15, 0.2) is 45.3 Å². The smallest absolute Gasteiger partial charge is 0.411 e. The Labute approximate surface area is 173 Å². The number of furan rings is 1. The zero-order valence-corrected chi connectivity index (χ0v) is 17.2. The third-order valence-corrected chi connectivity index (χ3v) is 4.84. The maximum atomic E-state index is 13.3. The lowest BCUT2D eigenvalue weighted by molar-refractivity contribution is 0.0989. The second kappa shape index (κ2) is 8.75. The number of amides is 1. The molecule has 1 amide bonds. The summed E-state index contributed by atoms with van der Waals surface area (Å²) in [5, 5.41) is 3.19. The number of halogens is 3. The molecule has 3 aromatic rings. The summed E-state index contributed by atoms with van der Waals surface area (Å²) < 4.78 is 24.7. The van der Waals surface area contributed by atoms with Crippen molar-refractivity contribution < 1.29 is 23.1 Å². The maximum absolute atomic E-state index is 13.3. The van der Waals surface area contributed by atoms with Crippen molar-refractivity contribution in [3.05, 3.63) is 52.3 Å². The van der Waals surface area contributed by atoms with Crippen LogP contribution in [0.5, 0.6) is 0 Å². The number of carbonyl (C=O) groups excluding carboxylic acids is 2. The largest absolute Gasteiger partial charge is 0.455 e. The summed E-state index contributed by atoms with van der Waals surface area (Å²) in [6, 6.07) is 9.01. The molecule has 0 bridgehead atoms. The molecule has 0 saturated carbocycles. The number of hydrogen-bond donors (Lipinski definition) is 1. The van der Waals surface area contributed by atoms with Gasteiger partial charge in [-0.05, 0) is 46.3 Å². The van der Waals surface area contributed by atoms with Crippen molar-refractivity contribution in [1.29, 1.82) is 0 Å². The molecule has 28 heavy (non-hydrogen) atoms. The lowest BCUT2D eigenvalue weighted by Crippen LogP contribution is -2.15. The van der Waals surface area contributed by atoms with Crippen LogP contribution in [0.3, 0.4) is 0 Å². The van der Waals surface area contributed by atoms with Crippen molar-refractivity contribution in [2.45, 2.75) is 13.3 Å². The number of Topliss-reactive ketones (excluding diaryl/α,β-unsaturated/α-hetero) is 1. The number of nitrogens with one attached hydrogen (secondary N) is 1. The van der Waals surface area contributed by atoms with E-state index < -0.39 is 6.09 Å². The number of ketones is 1. The Morgan fingerprint density at radius 3 is 2.61 bits per heavy atom. The molecule has 0 saturated heterocycles. The molecule has 1 heterocycles. The van der Waals surface area contributed by atoms with Crippen molar-refractivity contribution in [1.82, 2.24) is 0 Å². The number of anilines is 1. The molecule has 0 aliphatic heterocycles. The van der Waals surface area contributed by atoms with Crippen molar-refractivity contribution in [2.75, 3.05) is 17.8 Å². The van der Waals surface area contributed by atoms with Crippen LogP contribution in [-0.2, 0) is 4.74 Å². The van der Waals surface area contributed by atoms with Crippen LogP contribution in [-0.4, -0.2) is 24.4 Å². The van der Waals surface area contributed by atoms with Gasteiger partial charge in [-0.15, -0.1) is 11.6 Å². The molecule has 3 rings (SSSR count). The van der Waals surface area contributed by atoms with Gasteiger partial charge in [0, 0.05) is 27.9 Å². The summed E-state index contributed by atoms with van der Waals surface area (Å²) in [6.07, 6.45) is -0.374. The van der Waals surface area contributed by atoms with Crippen LogP contribution in [0.2, 0.25) is 0 Å². The van der Waals surface area contributed by atoms with Gasteiger partial charge in [0.05, 0.1) is 17.1 Å². The second-order valence-corrected chi connectivity index (χ2v) is 7.10. The summed E-state index contributed by atoms with van der Waals surface area (Å²) in [7, 11) is 0. The Kier molecular flexibility index (Phi) is 6.36. The monoisotopic (exact) mass is 467 g/mol. The van der Waals surface area contributed by atoms with Gasteiger partial charge >= 0.3 is 6.09 Å². The van der Waals surface area contributed by atoms with Crippen LogP contribution in [0, 0.1) is 5.82 Å². The highest BCUT2D eigenvalue weighted by Gasteiger charge is 2.22. The highest BCUT2D eigenvalue weighted by molar-refractivity contribution is 9.10. The summed E-state index contributed by atoms with van der Waals surface area (Å²) in [5.41, 5.74) is 1.83. The van der Waals surface area contributed by atoms with Gasteiger partial charge in [0.1, 0.15) is 23.8 Å². The van der Waals surface area contributed by atoms with Crippen LogP contribution in [0.1, 0.15) is 23.7 Å². The lowest BCUT2D eigenvalue weighted by Gasteiger charge is -2.08. The normalized spacial score (nSPS) is 10.9. The maximum Gasteiger partial charge on any atom is 0.411 e. The number of ether oxygens (including phenoxy) is 1. The highest BCUT2D eigenvalue weighted by Crippen LogP contribution is 2.38. The molecule has 5 nitrogen and oxygen atoms in total. The number of rotatable bonds is 6. The van der Waals surface area contributed by atoms with Gasteiger partial charge < -0.3 is 9.15 Å². The first-order valence-electron chi connectivity index (χ1n) is 8.49. The van der Waals surface area contributed by atoms with E-state index in [1.54, 1.807) is 31.2 Å². The SMILES string of the molecule is CCC(=O)c1c(-c2ccc(F)cc2)oc2cc(NC(=O)OCCCl)c(Br)cc12. The summed E-state index contributed by atoms with van der Waals surface area (Å²) in [4.78, 5) is 24.4. The number of hydrogen-bond acceptors (Lipinski definition) is 4. The molecule has 0 atom stereocenters. The lowest BCUT2D eigenvalue weighted by atomic mass is 10.0. The fourth-order valence-electron chi connectivity index (χ4n) is 2.75. The van der Waals surface area contributed by atoms with Gasteiger partial charge in [-0.2, -0.15) is 0 Å². The molecule has 1 aromatic heterocycles. The molecule has 0 fully saturated rings. The highest BCUT2D eigenvalue weighted by atomic mass is 79.9. The van der Waals surface area contributed by atoms with Crippen molar-refractivity contribution in [2.24, 2.45) is 0 Å². The Balaban J connectivity index is 2.10. The van der Waals surface area contributed by atoms with Gasteiger partial charge in [0.15, 0.2) is 5.78 Å². The molecule has 0 aliphatic rings. The fourth-order valence-corrected chi connectivity index (χ4v) is 3.27. The van der Waals surface area contributed by atoms with Gasteiger partial charge in [-0.25, -0.2) is 9.18 Å². The zero-order valence-electron chi connectivity index (χ0n) is 14.9. The van der Waals surface area contributed by atoms with E-state index in [1.165, 1.54) is 12.1 Å². The minimum atomic E-state index is -0.657. The number of benzene rings is 2. The first-order chi connectivity index (χ1) is 13.4. The van der Waals surface area contributed by atoms with E-state index in [0.717, 1.165) is 0 Å². The van der Waals surface area contributed by atoms with Gasteiger partial charge in [0.25, 0.3) is 0 Å². The van der Waals surface area contributed by atoms with E-state index >= 15 is 0 Å². The number of alkyl halides is 1. The molecule has 1 N–H and O–H groups in total. The molecular weight excluding hydrogens is 453 g/mol. The van der Waals surface area contributed by atoms with Gasteiger partial charge in [0.2, 0.25) is 0 Å². The second-order valence-electron chi connectivity index (χ2n) is 5.87. The zero-order chi connectivity index (χ0) is 20.3. The minimum Gasteiger partial charge on any atom is -0.455 e. The van der Waals surface area contributed by atoms with Gasteiger partial charge in [-0.3, -0.25) is 10.1 Å². The van der Waals surface area contributed by atoms with E-state index in [9.17, 15) is 14.0 Å². The molecule has 0 unspecified atom stereocenters. The third-order valence-electron chi connectivity index (χ3n) is 4.03. The van der Waals surface area contributed by atoms with E-state index in [0.29, 0.717) is 38.0 Å². The van der Waals surface area contributed by atoms with E-state index in [4.69, 9.17) is 20.8 Å². The van der Waals surface area contributed by atoms with Crippen LogP contribution < -0.4 is 5.32 Å². The number of fused-ring (bicyclic) bond motifs is 1. The van der Waals surface area contributed by atoms with Crippen LogP contribution >= 0.6 is 27.5 Å². The van der Waals surface area contributed by atoms with Crippen molar-refractivity contribution in [3.8, 4) is 11.3 Å². The van der Waals surface area contributed by atoms with Crippen LogP contribution in [0.4, 0.5) is 14.9 Å². The predicted molar refractivity (Wildman–Crippen MR) is 110 cm³/mol. The average Bonchev–Trinajstić information content (AvgIpc) is 3.04. The van der Waals surface area contributed by atoms with Crippen molar-refractivity contribution >= 4 is 56.1 Å². The quantitative estimate of drug-likeness (QED) is 0.336. The molecule has 0 spiro atoms. The Hall–Kier alpha value is -2.38. The fraction of sp³-hybridized carbons (Fsp3) is 0.200. The van der Waals surface area contributed by atoms with Crippen molar-refractivity contribution in [3.63, 3.8) is 0 Å². The molecule has 0 aliphatic carbocycles. The standard InChI is InChI=1S/C20H16BrClFNO4/c1-2-16(25)18-13-9-14(21)15(24-20(26)27-8-7-22)10-17(13)28-19(18)11-3-5-12(23)6-4-11/h3-6,9-10H,2,7-8H2,1H3,(H,24,26). The summed E-state index contributed by atoms with van der Waals surface area (Å²) in [6.45, 7) is 1.84. The van der Waals surface area contributed by atoms with E-state index in [-0.39, 0.29) is 30.5 Å². The molecule has 0 radical (unpaired) electrons. The Morgan fingerprint density at radius 2 is 1.96 bits per heavy atom. The summed E-state index contributed by atoms with van der Waals surface area (Å²) in [5.74, 6) is 0.0609. The predicted octanol–water partition coefficient (Wildman–Crippen LogP) is 6.38. The Bertz CT molecular complexity index is 1030. The number of carbonyl (C=O) groups is 2. The van der Waals surface area contributed by atoms with E-state index in [1.807, 2.05) is 0 Å². The third kappa shape index (κ3) is 4.20. The minimum absolute atomic E-state index is 0.0812. The van der Waals surface area contributed by atoms with Crippen LogP contribution in [0.25, 0.3) is 22.3 Å². The molecule has 2 aromatic carbocycles. The Morgan fingerprint density at radius 1 is 1.25 bits per heavy atom. The molecule has 146 valence electrons. The van der Waals surface area contributed by atoms with E-state index in [2.05, 4.69) is 21.2 Å². The first-order valence-corrected chi connectivity index (χ1v) is 9.82. The molecule has 8 heteroatoms. The van der Waals surface area contributed by atoms with Gasteiger partial charge in [-0.1, -0.05) is 6.92 Å². The average molecular weight is 469 g/mol. The first kappa shape index (κ1) is 20.4. The molecular formula is C20H16BrClFNO4. The topological polar surface area (TPSA) is 68.5 Å². The summed E-state index contributed by atoms with van der Waals surface area (Å²) >= 11 is 8.90.